The number of ether oxygens (including phenoxy) is 2. The maximum absolute atomic E-state index is 12.8. The third kappa shape index (κ3) is 5.96. The number of hydrogen-bond acceptors (Lipinski definition) is 4. The zero-order chi connectivity index (χ0) is 22.5. The van der Waals surface area contributed by atoms with E-state index in [1.807, 2.05) is 24.3 Å². The summed E-state index contributed by atoms with van der Waals surface area (Å²) in [6.45, 7) is 4.89. The van der Waals surface area contributed by atoms with E-state index < -0.39 is 0 Å². The first kappa shape index (κ1) is 22.4. The molecule has 2 aromatic rings. The van der Waals surface area contributed by atoms with E-state index in [2.05, 4.69) is 28.4 Å². The fourth-order valence-corrected chi connectivity index (χ4v) is 5.36. The first-order chi connectivity index (χ1) is 16.2. The number of benzene rings is 2. The average Bonchev–Trinajstić information content (AvgIpc) is 3.42. The van der Waals surface area contributed by atoms with Crippen molar-refractivity contribution in [1.82, 2.24) is 10.2 Å². The molecule has 1 amide bonds. The van der Waals surface area contributed by atoms with Gasteiger partial charge >= 0.3 is 0 Å². The number of fused-ring (bicyclic) bond motifs is 1. The molecule has 0 spiro atoms. The van der Waals surface area contributed by atoms with Gasteiger partial charge in [-0.25, -0.2) is 0 Å². The lowest BCUT2D eigenvalue weighted by Gasteiger charge is -2.20. The number of carbonyl (C=O) groups excluding carboxylic acids is 1. The van der Waals surface area contributed by atoms with Crippen molar-refractivity contribution in [2.24, 2.45) is 0 Å². The van der Waals surface area contributed by atoms with Gasteiger partial charge in [0.15, 0.2) is 0 Å². The number of nitrogens with one attached hydrogen (secondary N) is 1. The Morgan fingerprint density at radius 2 is 1.76 bits per heavy atom. The molecule has 33 heavy (non-hydrogen) atoms. The van der Waals surface area contributed by atoms with Gasteiger partial charge < -0.3 is 14.8 Å². The first-order valence-electron chi connectivity index (χ1n) is 12.7. The van der Waals surface area contributed by atoms with Gasteiger partial charge in [0.1, 0.15) is 12.4 Å². The quantitative estimate of drug-likeness (QED) is 0.677. The highest BCUT2D eigenvalue weighted by molar-refractivity contribution is 5.94. The van der Waals surface area contributed by atoms with Crippen LogP contribution in [0.2, 0.25) is 0 Å². The average molecular weight is 449 g/mol. The lowest BCUT2D eigenvalue weighted by molar-refractivity contribution is 0.0679. The molecule has 2 fully saturated rings. The summed E-state index contributed by atoms with van der Waals surface area (Å²) in [7, 11) is 0. The molecule has 0 saturated carbocycles. The maximum atomic E-state index is 12.8. The summed E-state index contributed by atoms with van der Waals surface area (Å²) in [6, 6.07) is 14.5. The number of hydrogen-bond donors (Lipinski definition) is 1. The minimum atomic E-state index is -0.0109. The van der Waals surface area contributed by atoms with Gasteiger partial charge in [0.2, 0.25) is 0 Å². The van der Waals surface area contributed by atoms with Crippen LogP contribution in [-0.2, 0) is 24.1 Å². The van der Waals surface area contributed by atoms with Gasteiger partial charge in [0.25, 0.3) is 5.91 Å². The zero-order valence-corrected chi connectivity index (χ0v) is 19.6. The summed E-state index contributed by atoms with van der Waals surface area (Å²) >= 11 is 0. The van der Waals surface area contributed by atoms with E-state index in [4.69, 9.17) is 9.47 Å². The third-order valence-electron chi connectivity index (χ3n) is 7.22. The summed E-state index contributed by atoms with van der Waals surface area (Å²) in [5.41, 5.74) is 4.85. The highest BCUT2D eigenvalue weighted by atomic mass is 16.5. The molecule has 2 saturated heterocycles. The molecule has 0 aromatic heterocycles. The van der Waals surface area contributed by atoms with Crippen LogP contribution >= 0.6 is 0 Å². The Labute approximate surface area is 197 Å². The SMILES string of the molecule is O=C(N[C@@H]1Cc2ccc(CN3CCCCCC3)cc2C1)c1ccc(OC[C@@H]2CCCO2)cc1. The smallest absolute Gasteiger partial charge is 0.251 e. The molecular formula is C28H36N2O3. The van der Waals surface area contributed by atoms with Crippen LogP contribution in [0, 0.1) is 0 Å². The minimum absolute atomic E-state index is 0.0109. The number of likely N-dealkylation sites (tertiary alicyclic amines) is 1. The van der Waals surface area contributed by atoms with Crippen LogP contribution in [0.3, 0.4) is 0 Å². The van der Waals surface area contributed by atoms with Gasteiger partial charge in [0.05, 0.1) is 6.10 Å². The van der Waals surface area contributed by atoms with E-state index in [1.165, 1.54) is 55.5 Å². The minimum Gasteiger partial charge on any atom is -0.491 e. The van der Waals surface area contributed by atoms with Gasteiger partial charge in [0, 0.05) is 24.8 Å². The predicted molar refractivity (Wildman–Crippen MR) is 130 cm³/mol. The highest BCUT2D eigenvalue weighted by Gasteiger charge is 2.24. The van der Waals surface area contributed by atoms with Crippen LogP contribution in [0.15, 0.2) is 42.5 Å². The molecule has 5 heteroatoms. The van der Waals surface area contributed by atoms with Crippen molar-refractivity contribution in [2.75, 3.05) is 26.3 Å². The van der Waals surface area contributed by atoms with Crippen LogP contribution < -0.4 is 10.1 Å². The molecule has 0 unspecified atom stereocenters. The molecule has 5 rings (SSSR count). The van der Waals surface area contributed by atoms with E-state index >= 15 is 0 Å². The molecular weight excluding hydrogens is 412 g/mol. The fraction of sp³-hybridized carbons (Fsp3) is 0.536. The number of amides is 1. The lowest BCUT2D eigenvalue weighted by Crippen LogP contribution is -2.35. The normalized spacial score (nSPS) is 23.2. The van der Waals surface area contributed by atoms with Crippen LogP contribution in [0.4, 0.5) is 0 Å². The first-order valence-corrected chi connectivity index (χ1v) is 12.7. The van der Waals surface area contributed by atoms with Gasteiger partial charge in [-0.1, -0.05) is 31.0 Å². The Bertz CT molecular complexity index is 929. The second-order valence-electron chi connectivity index (χ2n) is 9.84. The van der Waals surface area contributed by atoms with Crippen LogP contribution in [-0.4, -0.2) is 49.3 Å². The summed E-state index contributed by atoms with van der Waals surface area (Å²) in [5, 5.41) is 3.24. The third-order valence-corrected chi connectivity index (χ3v) is 7.22. The molecule has 176 valence electrons. The Morgan fingerprint density at radius 3 is 2.52 bits per heavy atom. The van der Waals surface area contributed by atoms with Crippen molar-refractivity contribution in [3.05, 3.63) is 64.7 Å². The van der Waals surface area contributed by atoms with Crippen molar-refractivity contribution in [2.45, 2.75) is 70.1 Å². The van der Waals surface area contributed by atoms with Gasteiger partial charge in [-0.3, -0.25) is 9.69 Å². The number of carbonyl (C=O) groups is 1. The summed E-state index contributed by atoms with van der Waals surface area (Å²) in [4.78, 5) is 15.4. The standard InChI is InChI=1S/C28H36N2O3/c31-28(22-9-11-26(12-10-22)33-20-27-6-5-15-32-27)29-25-17-23-8-7-21(16-24(23)18-25)19-30-13-3-1-2-4-14-30/h7-12,16,25,27H,1-6,13-15,17-20H2,(H,29,31)/t25-,27+/m1/s1. The molecule has 0 bridgehead atoms. The predicted octanol–water partition coefficient (Wildman–Crippen LogP) is 4.52. The second kappa shape index (κ2) is 10.7. The van der Waals surface area contributed by atoms with Crippen molar-refractivity contribution < 1.29 is 14.3 Å². The molecule has 2 aliphatic heterocycles. The second-order valence-corrected chi connectivity index (χ2v) is 9.84. The molecule has 3 aliphatic rings. The van der Waals surface area contributed by atoms with Gasteiger partial charge in [-0.2, -0.15) is 0 Å². The van der Waals surface area contributed by atoms with Crippen LogP contribution in [0.1, 0.15) is 65.6 Å². The highest BCUT2D eigenvalue weighted by Crippen LogP contribution is 2.25. The van der Waals surface area contributed by atoms with E-state index in [1.54, 1.807) is 0 Å². The van der Waals surface area contributed by atoms with E-state index in [9.17, 15) is 4.79 Å². The van der Waals surface area contributed by atoms with Crippen LogP contribution in [0.25, 0.3) is 0 Å². The van der Waals surface area contributed by atoms with Gasteiger partial charge in [-0.05, 0) is 92.6 Å². The maximum Gasteiger partial charge on any atom is 0.251 e. The Kier molecular flexibility index (Phi) is 7.27. The lowest BCUT2D eigenvalue weighted by atomic mass is 10.1. The molecule has 1 N–H and O–H groups in total. The zero-order valence-electron chi connectivity index (χ0n) is 19.6. The molecule has 2 atom stereocenters. The molecule has 0 radical (unpaired) electrons. The van der Waals surface area contributed by atoms with E-state index in [-0.39, 0.29) is 18.1 Å². The number of nitrogens with zero attached hydrogens (tertiary/aromatic N) is 1. The molecule has 5 nitrogen and oxygen atoms in total. The monoisotopic (exact) mass is 448 g/mol. The molecule has 2 aromatic carbocycles. The Balaban J connectivity index is 1.12. The van der Waals surface area contributed by atoms with Crippen molar-refractivity contribution in [1.29, 1.82) is 0 Å². The van der Waals surface area contributed by atoms with Crippen molar-refractivity contribution >= 4 is 5.91 Å². The van der Waals surface area contributed by atoms with Crippen LogP contribution in [0.5, 0.6) is 5.75 Å². The Morgan fingerprint density at radius 1 is 0.970 bits per heavy atom. The largest absolute Gasteiger partial charge is 0.491 e. The van der Waals surface area contributed by atoms with E-state index in [0.29, 0.717) is 12.2 Å². The summed E-state index contributed by atoms with van der Waals surface area (Å²) < 4.78 is 11.4. The molecule has 2 heterocycles. The van der Waals surface area contributed by atoms with E-state index in [0.717, 1.165) is 44.6 Å². The number of rotatable bonds is 7. The fourth-order valence-electron chi connectivity index (χ4n) is 5.36. The van der Waals surface area contributed by atoms with Crippen molar-refractivity contribution in [3.8, 4) is 5.75 Å². The summed E-state index contributed by atoms with van der Waals surface area (Å²) in [5.74, 6) is 0.774. The topological polar surface area (TPSA) is 50.8 Å². The van der Waals surface area contributed by atoms with Gasteiger partial charge in [-0.15, -0.1) is 0 Å². The summed E-state index contributed by atoms with van der Waals surface area (Å²) in [6.07, 6.45) is 9.57. The Hall–Kier alpha value is -2.37. The molecule has 1 aliphatic carbocycles. The van der Waals surface area contributed by atoms with Crippen molar-refractivity contribution in [3.63, 3.8) is 0 Å².